The van der Waals surface area contributed by atoms with Crippen molar-refractivity contribution in [3.05, 3.63) is 71.8 Å². The molecule has 0 aromatic heterocycles. The van der Waals surface area contributed by atoms with Crippen LogP contribution >= 0.6 is 0 Å². The van der Waals surface area contributed by atoms with Crippen LogP contribution in [-0.4, -0.2) is 58.6 Å². The molecule has 204 valence electrons. The lowest BCUT2D eigenvalue weighted by Gasteiger charge is -2.30. The van der Waals surface area contributed by atoms with E-state index in [2.05, 4.69) is 10.6 Å². The summed E-state index contributed by atoms with van der Waals surface area (Å²) in [6.45, 7) is 4.18. The Labute approximate surface area is 222 Å². The standard InChI is InChI=1S/C28H36N4O6/c1-19(2)16-22(25(33)31-37)29-26(34)24-14-9-15-32(24)27(35)23(17-20-10-5-3-6-11-20)30-28(36)38-18-21-12-7-4-8-13-21/h3-8,10-13,19,22-24,37H,9,14-18H2,1-2H3,(H,29,34)(H,30,36)(H,31,33)/t22-,23+,24+/m1/s1. The highest BCUT2D eigenvalue weighted by Crippen LogP contribution is 2.21. The smallest absolute Gasteiger partial charge is 0.408 e. The molecule has 2 aromatic rings. The fraction of sp³-hybridized carbons (Fsp3) is 0.429. The minimum atomic E-state index is -0.957. The first-order chi connectivity index (χ1) is 18.3. The predicted molar refractivity (Wildman–Crippen MR) is 140 cm³/mol. The fourth-order valence-corrected chi connectivity index (χ4v) is 4.51. The van der Waals surface area contributed by atoms with E-state index in [0.29, 0.717) is 25.8 Å². The van der Waals surface area contributed by atoms with Gasteiger partial charge in [-0.2, -0.15) is 0 Å². The molecule has 10 heteroatoms. The summed E-state index contributed by atoms with van der Waals surface area (Å²) in [7, 11) is 0. The van der Waals surface area contributed by atoms with Gasteiger partial charge in [0.1, 0.15) is 24.7 Å². The van der Waals surface area contributed by atoms with Crippen LogP contribution in [0.4, 0.5) is 4.79 Å². The quantitative estimate of drug-likeness (QED) is 0.263. The fourth-order valence-electron chi connectivity index (χ4n) is 4.51. The number of likely N-dealkylation sites (tertiary alicyclic amines) is 1. The highest BCUT2D eigenvalue weighted by Gasteiger charge is 2.39. The number of nitrogens with zero attached hydrogens (tertiary/aromatic N) is 1. The maximum atomic E-state index is 13.7. The van der Waals surface area contributed by atoms with Gasteiger partial charge in [0, 0.05) is 13.0 Å². The van der Waals surface area contributed by atoms with Gasteiger partial charge in [0.05, 0.1) is 0 Å². The summed E-state index contributed by atoms with van der Waals surface area (Å²) in [4.78, 5) is 53.0. The van der Waals surface area contributed by atoms with Crippen molar-refractivity contribution < 1.29 is 29.1 Å². The summed E-state index contributed by atoms with van der Waals surface area (Å²) in [5.41, 5.74) is 3.25. The van der Waals surface area contributed by atoms with E-state index in [1.807, 2.05) is 74.5 Å². The lowest BCUT2D eigenvalue weighted by molar-refractivity contribution is -0.141. The van der Waals surface area contributed by atoms with Crippen LogP contribution in [0.25, 0.3) is 0 Å². The number of carbonyl (C=O) groups is 4. The molecule has 1 aliphatic rings. The zero-order chi connectivity index (χ0) is 27.5. The lowest BCUT2D eigenvalue weighted by Crippen LogP contribution is -2.56. The molecule has 3 rings (SSSR count). The minimum Gasteiger partial charge on any atom is -0.445 e. The third-order valence-corrected chi connectivity index (χ3v) is 6.37. The molecule has 0 aliphatic carbocycles. The first-order valence-electron chi connectivity index (χ1n) is 12.8. The third kappa shape index (κ3) is 8.31. The Hall–Kier alpha value is -3.92. The molecule has 0 saturated carbocycles. The number of amides is 4. The number of nitrogens with one attached hydrogen (secondary N) is 3. The largest absolute Gasteiger partial charge is 0.445 e. The lowest BCUT2D eigenvalue weighted by atomic mass is 10.0. The average Bonchev–Trinajstić information content (AvgIpc) is 3.41. The molecule has 10 nitrogen and oxygen atoms in total. The summed E-state index contributed by atoms with van der Waals surface area (Å²) < 4.78 is 5.34. The molecule has 1 heterocycles. The molecule has 38 heavy (non-hydrogen) atoms. The Kier molecular flexibility index (Phi) is 10.7. The second kappa shape index (κ2) is 14.1. The van der Waals surface area contributed by atoms with Crippen LogP contribution in [0.15, 0.2) is 60.7 Å². The van der Waals surface area contributed by atoms with Gasteiger partial charge in [-0.25, -0.2) is 10.3 Å². The van der Waals surface area contributed by atoms with Crippen molar-refractivity contribution in [1.82, 2.24) is 21.0 Å². The van der Waals surface area contributed by atoms with Gasteiger partial charge >= 0.3 is 6.09 Å². The first-order valence-corrected chi connectivity index (χ1v) is 12.8. The number of hydrogen-bond acceptors (Lipinski definition) is 6. The maximum Gasteiger partial charge on any atom is 0.408 e. The normalized spacial score (nSPS) is 16.4. The van der Waals surface area contributed by atoms with E-state index < -0.39 is 41.9 Å². The Bertz CT molecular complexity index is 1080. The van der Waals surface area contributed by atoms with Crippen molar-refractivity contribution in [2.24, 2.45) is 5.92 Å². The average molecular weight is 525 g/mol. The molecular formula is C28H36N4O6. The second-order valence-corrected chi connectivity index (χ2v) is 9.80. The van der Waals surface area contributed by atoms with E-state index in [0.717, 1.165) is 11.1 Å². The second-order valence-electron chi connectivity index (χ2n) is 9.80. The summed E-state index contributed by atoms with van der Waals surface area (Å²) in [6.07, 6.45) is 0.822. The zero-order valence-electron chi connectivity index (χ0n) is 21.8. The molecule has 0 unspecified atom stereocenters. The van der Waals surface area contributed by atoms with Crippen molar-refractivity contribution in [2.75, 3.05) is 6.54 Å². The van der Waals surface area contributed by atoms with Gasteiger partial charge in [-0.15, -0.1) is 0 Å². The van der Waals surface area contributed by atoms with Crippen LogP contribution in [0.2, 0.25) is 0 Å². The molecule has 0 spiro atoms. The summed E-state index contributed by atoms with van der Waals surface area (Å²) >= 11 is 0. The number of benzene rings is 2. The van der Waals surface area contributed by atoms with Crippen LogP contribution in [-0.2, 0) is 32.1 Å². The highest BCUT2D eigenvalue weighted by molar-refractivity contribution is 5.94. The van der Waals surface area contributed by atoms with E-state index in [9.17, 15) is 19.2 Å². The van der Waals surface area contributed by atoms with Crippen LogP contribution in [0.3, 0.4) is 0 Å². The van der Waals surface area contributed by atoms with Gasteiger partial charge in [0.25, 0.3) is 5.91 Å². The van der Waals surface area contributed by atoms with Gasteiger partial charge in [-0.05, 0) is 36.3 Å². The van der Waals surface area contributed by atoms with Crippen molar-refractivity contribution in [3.63, 3.8) is 0 Å². The molecule has 4 N–H and O–H groups in total. The van der Waals surface area contributed by atoms with E-state index in [1.54, 1.807) is 5.48 Å². The maximum absolute atomic E-state index is 13.7. The van der Waals surface area contributed by atoms with Gasteiger partial charge in [-0.1, -0.05) is 74.5 Å². The van der Waals surface area contributed by atoms with E-state index in [4.69, 9.17) is 9.94 Å². The monoisotopic (exact) mass is 524 g/mol. The number of alkyl carbamates (subject to hydrolysis) is 1. The van der Waals surface area contributed by atoms with Crippen LogP contribution in [0, 0.1) is 5.92 Å². The Morgan fingerprint density at radius 3 is 2.18 bits per heavy atom. The molecule has 4 amide bonds. The van der Waals surface area contributed by atoms with Crippen molar-refractivity contribution in [2.45, 2.75) is 64.3 Å². The SMILES string of the molecule is CC(C)C[C@@H](NC(=O)[C@@H]1CCCN1C(=O)[C@H](Cc1ccccc1)NC(=O)OCc1ccccc1)C(=O)NO. The van der Waals surface area contributed by atoms with Gasteiger partial charge in [0.2, 0.25) is 11.8 Å². The Balaban J connectivity index is 1.72. The molecule has 3 atom stereocenters. The number of rotatable bonds is 11. The number of hydrogen-bond donors (Lipinski definition) is 4. The third-order valence-electron chi connectivity index (χ3n) is 6.37. The van der Waals surface area contributed by atoms with Gasteiger partial charge in [0.15, 0.2) is 0 Å². The molecular weight excluding hydrogens is 488 g/mol. The van der Waals surface area contributed by atoms with Crippen LogP contribution in [0.1, 0.15) is 44.2 Å². The zero-order valence-corrected chi connectivity index (χ0v) is 21.8. The first kappa shape index (κ1) is 28.6. The predicted octanol–water partition coefficient (Wildman–Crippen LogP) is 2.55. The summed E-state index contributed by atoms with van der Waals surface area (Å²) in [6, 6.07) is 15.8. The molecule has 1 saturated heterocycles. The van der Waals surface area contributed by atoms with Crippen LogP contribution in [0.5, 0.6) is 0 Å². The van der Waals surface area contributed by atoms with Crippen molar-refractivity contribution >= 4 is 23.8 Å². The minimum absolute atomic E-state index is 0.0534. The molecule has 1 fully saturated rings. The van der Waals surface area contributed by atoms with E-state index >= 15 is 0 Å². The molecule has 0 radical (unpaired) electrons. The highest BCUT2D eigenvalue weighted by atomic mass is 16.5. The van der Waals surface area contributed by atoms with Gasteiger partial charge in [-0.3, -0.25) is 19.6 Å². The Morgan fingerprint density at radius 2 is 1.58 bits per heavy atom. The Morgan fingerprint density at radius 1 is 0.947 bits per heavy atom. The van der Waals surface area contributed by atoms with Crippen LogP contribution < -0.4 is 16.1 Å². The summed E-state index contributed by atoms with van der Waals surface area (Å²) in [5.74, 6) is -1.52. The number of hydroxylamine groups is 1. The molecule has 1 aliphatic heterocycles. The topological polar surface area (TPSA) is 137 Å². The molecule has 0 bridgehead atoms. The summed E-state index contributed by atoms with van der Waals surface area (Å²) in [5, 5.41) is 14.4. The van der Waals surface area contributed by atoms with Crippen molar-refractivity contribution in [1.29, 1.82) is 0 Å². The van der Waals surface area contributed by atoms with Gasteiger partial charge < -0.3 is 20.3 Å². The van der Waals surface area contributed by atoms with E-state index in [-0.39, 0.29) is 18.9 Å². The number of ether oxygens (including phenoxy) is 1. The van der Waals surface area contributed by atoms with E-state index in [1.165, 1.54) is 4.90 Å². The number of carbonyl (C=O) groups excluding carboxylic acids is 4. The van der Waals surface area contributed by atoms with Crippen molar-refractivity contribution in [3.8, 4) is 0 Å². The molecule has 2 aromatic carbocycles.